The fourth-order valence-electron chi connectivity index (χ4n) is 3.90. The van der Waals surface area contributed by atoms with Gasteiger partial charge in [0.15, 0.2) is 28.8 Å². The number of hydrogen-bond donors (Lipinski definition) is 7. The van der Waals surface area contributed by atoms with Crippen molar-refractivity contribution in [1.29, 1.82) is 0 Å². The molecule has 1 saturated heterocycles. The molecule has 0 spiro atoms. The first-order chi connectivity index (χ1) is 18.0. The average molecular weight is 535 g/mol. The van der Waals surface area contributed by atoms with Crippen molar-refractivity contribution in [1.82, 2.24) is 0 Å². The van der Waals surface area contributed by atoms with Crippen LogP contribution in [0.4, 0.5) is 0 Å². The van der Waals surface area contributed by atoms with E-state index in [4.69, 9.17) is 14.2 Å². The molecule has 0 unspecified atom stereocenters. The highest BCUT2D eigenvalue weighted by molar-refractivity contribution is 5.96. The lowest BCUT2D eigenvalue weighted by Crippen LogP contribution is -2.60. The highest BCUT2D eigenvalue weighted by Gasteiger charge is 2.44. The number of aromatic hydroxyl groups is 3. The molecule has 7 N–H and O–H groups in total. The van der Waals surface area contributed by atoms with E-state index < -0.39 is 55.0 Å². The zero-order chi connectivity index (χ0) is 28.0. The molecule has 6 atom stereocenters. The quantitative estimate of drug-likeness (QED) is 0.122. The minimum absolute atomic E-state index is 0.0798. The van der Waals surface area contributed by atoms with Gasteiger partial charge < -0.3 is 50.0 Å². The average Bonchev–Trinajstić information content (AvgIpc) is 2.90. The Hall–Kier alpha value is -3.68. The van der Waals surface area contributed by atoms with Crippen LogP contribution in [0.1, 0.15) is 17.5 Å². The van der Waals surface area contributed by atoms with E-state index in [1.165, 1.54) is 55.7 Å². The van der Waals surface area contributed by atoms with E-state index in [2.05, 4.69) is 0 Å². The molecule has 1 heterocycles. The molecular formula is C26H30O12. The third kappa shape index (κ3) is 7.00. The largest absolute Gasteiger partial charge is 0.504 e. The first kappa shape index (κ1) is 28.9. The number of aliphatic hydroxyl groups excluding tert-OH is 4. The molecule has 0 saturated carbocycles. The lowest BCUT2D eigenvalue weighted by Gasteiger charge is -2.39. The summed E-state index contributed by atoms with van der Waals surface area (Å²) in [7, 11) is 1.19. The van der Waals surface area contributed by atoms with Gasteiger partial charge >= 0.3 is 5.97 Å². The number of allylic oxidation sites excluding steroid dienone is 1. The number of phenols is 3. The monoisotopic (exact) mass is 534 g/mol. The predicted molar refractivity (Wildman–Crippen MR) is 130 cm³/mol. The van der Waals surface area contributed by atoms with Crippen LogP contribution in [-0.2, 0) is 25.5 Å². The Morgan fingerprint density at radius 1 is 0.974 bits per heavy atom. The Balaban J connectivity index is 1.69. The summed E-state index contributed by atoms with van der Waals surface area (Å²) < 4.78 is 15.5. The molecule has 0 bridgehead atoms. The van der Waals surface area contributed by atoms with Gasteiger partial charge in [-0.25, -0.2) is 0 Å². The normalized spacial score (nSPS) is 24.2. The molecule has 2 aromatic rings. The zero-order valence-corrected chi connectivity index (χ0v) is 20.4. The minimum atomic E-state index is -1.68. The number of aliphatic hydroxyl groups is 4. The van der Waals surface area contributed by atoms with E-state index in [1.54, 1.807) is 0 Å². The molecule has 0 aromatic heterocycles. The maximum atomic E-state index is 12.6. The summed E-state index contributed by atoms with van der Waals surface area (Å²) in [6.45, 7) is -0.651. The van der Waals surface area contributed by atoms with Crippen LogP contribution < -0.4 is 4.74 Å². The van der Waals surface area contributed by atoms with Gasteiger partial charge in [-0.3, -0.25) is 9.59 Å². The third-order valence-corrected chi connectivity index (χ3v) is 6.04. The van der Waals surface area contributed by atoms with Crippen molar-refractivity contribution >= 4 is 17.8 Å². The maximum Gasteiger partial charge on any atom is 0.309 e. The lowest BCUT2D eigenvalue weighted by atomic mass is 9.93. The van der Waals surface area contributed by atoms with Crippen LogP contribution in [0.2, 0.25) is 0 Å². The summed E-state index contributed by atoms with van der Waals surface area (Å²) in [4.78, 5) is 24.8. The van der Waals surface area contributed by atoms with Crippen molar-refractivity contribution < 1.29 is 59.5 Å². The molecule has 0 radical (unpaired) electrons. The Labute approximate surface area is 217 Å². The number of rotatable bonds is 10. The molecule has 1 fully saturated rings. The van der Waals surface area contributed by atoms with Crippen molar-refractivity contribution in [2.75, 3.05) is 13.7 Å². The van der Waals surface area contributed by atoms with E-state index in [9.17, 15) is 45.3 Å². The van der Waals surface area contributed by atoms with Crippen molar-refractivity contribution in [3.05, 3.63) is 53.6 Å². The Kier molecular flexibility index (Phi) is 9.66. The predicted octanol–water partition coefficient (Wildman–Crippen LogP) is -0.0136. The summed E-state index contributed by atoms with van der Waals surface area (Å²) in [5, 5.41) is 68.6. The smallest absolute Gasteiger partial charge is 0.309 e. The van der Waals surface area contributed by atoms with Gasteiger partial charge in [0, 0.05) is 6.42 Å². The van der Waals surface area contributed by atoms with Crippen molar-refractivity contribution in [2.45, 2.75) is 43.5 Å². The molecule has 12 heteroatoms. The molecule has 3 rings (SSSR count). The topological polar surface area (TPSA) is 203 Å². The summed E-state index contributed by atoms with van der Waals surface area (Å²) in [5.74, 6) is -3.08. The van der Waals surface area contributed by atoms with Gasteiger partial charge in [-0.15, -0.1) is 0 Å². The zero-order valence-electron chi connectivity index (χ0n) is 20.4. The molecule has 1 aliphatic rings. The van der Waals surface area contributed by atoms with Gasteiger partial charge in [0.2, 0.25) is 6.29 Å². The lowest BCUT2D eigenvalue weighted by molar-refractivity contribution is -0.277. The number of methoxy groups -OCH3 is 1. The van der Waals surface area contributed by atoms with Crippen LogP contribution in [0, 0.1) is 5.92 Å². The standard InChI is InChI=1S/C26H30O12/c1-36-25(35)15(8-14-4-6-17(29)19(31)9-14)11-16(28)5-2-13-3-7-18(30)20(10-13)37-26-24(34)23(33)22(32)21(12-27)38-26/h2-7,9-10,15,21-24,26-27,29-34H,8,11-12H2,1H3/t15-,21+,22+,23-,24+,26+/m0/s1. The van der Waals surface area contributed by atoms with Crippen LogP contribution in [0.15, 0.2) is 42.5 Å². The van der Waals surface area contributed by atoms with Crippen LogP contribution in [-0.4, -0.2) is 91.9 Å². The highest BCUT2D eigenvalue weighted by atomic mass is 16.7. The molecule has 1 aliphatic heterocycles. The van der Waals surface area contributed by atoms with Gasteiger partial charge in [0.25, 0.3) is 0 Å². The van der Waals surface area contributed by atoms with E-state index in [1.807, 2.05) is 0 Å². The number of ether oxygens (including phenoxy) is 3. The summed E-state index contributed by atoms with van der Waals surface area (Å²) in [6, 6.07) is 8.14. The summed E-state index contributed by atoms with van der Waals surface area (Å²) >= 11 is 0. The molecule has 206 valence electrons. The SMILES string of the molecule is COC(=O)[C@H](CC(=O)C=Cc1ccc(O)c(O[C@@H]2O[C@H](CO)[C@@H](O)[C@H](O)[C@H]2O)c1)Cc1ccc(O)c(O)c1. The van der Waals surface area contributed by atoms with Crippen LogP contribution in [0.3, 0.4) is 0 Å². The van der Waals surface area contributed by atoms with E-state index in [-0.39, 0.29) is 35.8 Å². The number of phenolic OH excluding ortho intramolecular Hbond substituents is 3. The van der Waals surface area contributed by atoms with Crippen molar-refractivity contribution in [2.24, 2.45) is 5.92 Å². The van der Waals surface area contributed by atoms with E-state index in [0.29, 0.717) is 11.1 Å². The fourth-order valence-corrected chi connectivity index (χ4v) is 3.90. The maximum absolute atomic E-state index is 12.6. The van der Waals surface area contributed by atoms with Crippen LogP contribution >= 0.6 is 0 Å². The molecule has 2 aromatic carbocycles. The highest BCUT2D eigenvalue weighted by Crippen LogP contribution is 2.32. The molecule has 0 aliphatic carbocycles. The van der Waals surface area contributed by atoms with Gasteiger partial charge in [-0.1, -0.05) is 18.2 Å². The van der Waals surface area contributed by atoms with E-state index >= 15 is 0 Å². The van der Waals surface area contributed by atoms with E-state index in [0.717, 1.165) is 0 Å². The van der Waals surface area contributed by atoms with Crippen LogP contribution in [0.25, 0.3) is 6.08 Å². The third-order valence-electron chi connectivity index (χ3n) is 6.04. The first-order valence-corrected chi connectivity index (χ1v) is 11.6. The van der Waals surface area contributed by atoms with Gasteiger partial charge in [0.05, 0.1) is 19.6 Å². The Morgan fingerprint density at radius 2 is 1.68 bits per heavy atom. The molecule has 0 amide bonds. The second-order valence-electron chi connectivity index (χ2n) is 8.79. The number of carbonyl (C=O) groups is 2. The minimum Gasteiger partial charge on any atom is -0.504 e. The number of ketones is 1. The number of esters is 1. The molecular weight excluding hydrogens is 504 g/mol. The van der Waals surface area contributed by atoms with Crippen molar-refractivity contribution in [3.8, 4) is 23.0 Å². The number of hydrogen-bond acceptors (Lipinski definition) is 12. The Bertz CT molecular complexity index is 1160. The first-order valence-electron chi connectivity index (χ1n) is 11.6. The number of carbonyl (C=O) groups excluding carboxylic acids is 2. The summed E-state index contributed by atoms with van der Waals surface area (Å²) in [6.07, 6.45) is -5.14. The van der Waals surface area contributed by atoms with Crippen molar-refractivity contribution in [3.63, 3.8) is 0 Å². The van der Waals surface area contributed by atoms with Crippen LogP contribution in [0.5, 0.6) is 23.0 Å². The second kappa shape index (κ2) is 12.7. The molecule has 38 heavy (non-hydrogen) atoms. The molecule has 12 nitrogen and oxygen atoms in total. The fraction of sp³-hybridized carbons (Fsp3) is 0.385. The Morgan fingerprint density at radius 3 is 2.34 bits per heavy atom. The van der Waals surface area contributed by atoms with Gasteiger partial charge in [-0.05, 0) is 47.9 Å². The second-order valence-corrected chi connectivity index (χ2v) is 8.79. The van der Waals surface area contributed by atoms with Gasteiger partial charge in [-0.2, -0.15) is 0 Å². The number of benzene rings is 2. The summed E-state index contributed by atoms with van der Waals surface area (Å²) in [5.41, 5.74) is 0.912. The van der Waals surface area contributed by atoms with Gasteiger partial charge in [0.1, 0.15) is 24.4 Å².